The predicted octanol–water partition coefficient (Wildman–Crippen LogP) is 5.94. The lowest BCUT2D eigenvalue weighted by Gasteiger charge is -2.26. The summed E-state index contributed by atoms with van der Waals surface area (Å²) in [6.07, 6.45) is 2.33. The molecule has 0 radical (unpaired) electrons. The zero-order chi connectivity index (χ0) is 20.4. The van der Waals surface area contributed by atoms with Gasteiger partial charge in [-0.2, -0.15) is 5.26 Å². The topological polar surface area (TPSA) is 59.6 Å². The normalized spacial score (nSPS) is 14.1. The largest absolute Gasteiger partial charge is 0.506 e. The van der Waals surface area contributed by atoms with Crippen molar-refractivity contribution in [2.45, 2.75) is 19.5 Å². The maximum Gasteiger partial charge on any atom is 0.143 e. The van der Waals surface area contributed by atoms with Crippen LogP contribution in [0.3, 0.4) is 0 Å². The van der Waals surface area contributed by atoms with Gasteiger partial charge in [0.25, 0.3) is 0 Å². The third-order valence-corrected chi connectivity index (χ3v) is 6.49. The number of phenols is 1. The third kappa shape index (κ3) is 4.31. The lowest BCUT2D eigenvalue weighted by molar-refractivity contribution is 0.249. The Morgan fingerprint density at radius 1 is 1.24 bits per heavy atom. The molecule has 4 rings (SSSR count). The van der Waals surface area contributed by atoms with Gasteiger partial charge in [0.1, 0.15) is 16.8 Å². The minimum absolute atomic E-state index is 0.0753. The van der Waals surface area contributed by atoms with Gasteiger partial charge in [-0.3, -0.25) is 4.90 Å². The van der Waals surface area contributed by atoms with Crippen molar-refractivity contribution < 1.29 is 5.11 Å². The van der Waals surface area contributed by atoms with E-state index in [2.05, 4.69) is 28.1 Å². The highest BCUT2D eigenvalue weighted by molar-refractivity contribution is 7.16. The minimum atomic E-state index is -0.0753. The molecule has 29 heavy (non-hydrogen) atoms. The van der Waals surface area contributed by atoms with E-state index in [-0.39, 0.29) is 10.8 Å². The molecule has 0 unspecified atom stereocenters. The molecular weight excluding hydrogens is 425 g/mol. The van der Waals surface area contributed by atoms with Gasteiger partial charge in [0.2, 0.25) is 0 Å². The quantitative estimate of drug-likeness (QED) is 0.509. The first-order valence-corrected chi connectivity index (χ1v) is 10.7. The summed E-state index contributed by atoms with van der Waals surface area (Å²) in [5.74, 6) is -0.0753. The summed E-state index contributed by atoms with van der Waals surface area (Å²) in [7, 11) is 0. The van der Waals surface area contributed by atoms with Crippen molar-refractivity contribution in [1.82, 2.24) is 4.90 Å². The Hall–Kier alpha value is -2.36. The van der Waals surface area contributed by atoms with Gasteiger partial charge in [-0.05, 0) is 29.7 Å². The Morgan fingerprint density at radius 2 is 2.03 bits per heavy atom. The van der Waals surface area contributed by atoms with Gasteiger partial charge in [-0.25, -0.2) is 4.99 Å². The first-order chi connectivity index (χ1) is 14.0. The van der Waals surface area contributed by atoms with Crippen LogP contribution in [-0.4, -0.2) is 22.8 Å². The predicted molar refractivity (Wildman–Crippen MR) is 119 cm³/mol. The SMILES string of the molecule is N#Cc1c(/N=C\c2cc(Cl)cc(Cl)c2O)sc2c1CCN(Cc1ccccc1)C2. The molecule has 4 nitrogen and oxygen atoms in total. The average Bonchev–Trinajstić information content (AvgIpc) is 3.07. The van der Waals surface area contributed by atoms with Gasteiger partial charge < -0.3 is 5.11 Å². The molecule has 1 aliphatic heterocycles. The van der Waals surface area contributed by atoms with Crippen LogP contribution >= 0.6 is 34.5 Å². The monoisotopic (exact) mass is 441 g/mol. The molecule has 2 aromatic carbocycles. The van der Waals surface area contributed by atoms with Crippen molar-refractivity contribution in [3.63, 3.8) is 0 Å². The summed E-state index contributed by atoms with van der Waals surface area (Å²) < 4.78 is 0. The Bertz CT molecular complexity index is 1120. The first kappa shape index (κ1) is 19.9. The second-order valence-corrected chi connectivity index (χ2v) is 8.75. The highest BCUT2D eigenvalue weighted by atomic mass is 35.5. The number of aliphatic imine (C=N–C) groups is 1. The Morgan fingerprint density at radius 3 is 2.79 bits per heavy atom. The molecule has 0 saturated carbocycles. The molecule has 146 valence electrons. The van der Waals surface area contributed by atoms with Crippen LogP contribution in [-0.2, 0) is 19.5 Å². The van der Waals surface area contributed by atoms with E-state index in [9.17, 15) is 10.4 Å². The van der Waals surface area contributed by atoms with Crippen LogP contribution in [0.4, 0.5) is 5.00 Å². The van der Waals surface area contributed by atoms with E-state index in [1.807, 2.05) is 18.2 Å². The van der Waals surface area contributed by atoms with Crippen LogP contribution < -0.4 is 0 Å². The van der Waals surface area contributed by atoms with Gasteiger partial charge >= 0.3 is 0 Å². The van der Waals surface area contributed by atoms with Gasteiger partial charge in [-0.1, -0.05) is 53.5 Å². The maximum atomic E-state index is 10.1. The van der Waals surface area contributed by atoms with Crippen LogP contribution in [0, 0.1) is 11.3 Å². The van der Waals surface area contributed by atoms with Crippen molar-refractivity contribution >= 4 is 45.8 Å². The molecule has 0 amide bonds. The highest BCUT2D eigenvalue weighted by Gasteiger charge is 2.24. The molecule has 1 aromatic heterocycles. The number of nitrogens with zero attached hydrogens (tertiary/aromatic N) is 3. The molecule has 1 aliphatic rings. The van der Waals surface area contributed by atoms with E-state index in [0.29, 0.717) is 21.2 Å². The molecule has 2 heterocycles. The van der Waals surface area contributed by atoms with E-state index in [1.54, 1.807) is 6.07 Å². The summed E-state index contributed by atoms with van der Waals surface area (Å²) in [6.45, 7) is 2.59. The van der Waals surface area contributed by atoms with Crippen molar-refractivity contribution in [2.24, 2.45) is 4.99 Å². The number of halogens is 2. The number of hydrogen-bond acceptors (Lipinski definition) is 5. The van der Waals surface area contributed by atoms with Crippen LogP contribution in [0.2, 0.25) is 10.0 Å². The number of thiophene rings is 1. The average molecular weight is 442 g/mol. The zero-order valence-electron chi connectivity index (χ0n) is 15.4. The standard InChI is InChI=1S/C22H17Cl2N3OS/c23-16-8-15(21(28)19(24)9-16)11-26-22-18(10-25)17-6-7-27(13-20(17)29-22)12-14-4-2-1-3-5-14/h1-5,8-9,11,28H,6-7,12-13H2/b26-11-. The molecule has 1 N–H and O–H groups in total. The Labute approximate surface area is 183 Å². The molecule has 3 aromatic rings. The summed E-state index contributed by atoms with van der Waals surface area (Å²) in [6, 6.07) is 15.7. The fourth-order valence-corrected chi connectivity index (χ4v) is 5.13. The molecule has 0 atom stereocenters. The number of aromatic hydroxyl groups is 1. The number of rotatable bonds is 4. The molecule has 0 aliphatic carbocycles. The zero-order valence-corrected chi connectivity index (χ0v) is 17.7. The van der Waals surface area contributed by atoms with Crippen molar-refractivity contribution in [3.8, 4) is 11.8 Å². The number of fused-ring (bicyclic) bond motifs is 1. The summed E-state index contributed by atoms with van der Waals surface area (Å²) in [5.41, 5.74) is 3.40. The van der Waals surface area contributed by atoms with Crippen molar-refractivity contribution in [3.05, 3.63) is 79.6 Å². The van der Waals surface area contributed by atoms with Crippen molar-refractivity contribution in [2.75, 3.05) is 6.54 Å². The van der Waals surface area contributed by atoms with Crippen LogP contribution in [0.1, 0.15) is 27.1 Å². The minimum Gasteiger partial charge on any atom is -0.506 e. The van der Waals surface area contributed by atoms with Crippen LogP contribution in [0.5, 0.6) is 5.75 Å². The summed E-state index contributed by atoms with van der Waals surface area (Å²) >= 11 is 13.5. The van der Waals surface area contributed by atoms with Crippen LogP contribution in [0.25, 0.3) is 0 Å². The number of hydrogen-bond donors (Lipinski definition) is 1. The number of benzene rings is 2. The molecule has 0 spiro atoms. The highest BCUT2D eigenvalue weighted by Crippen LogP contribution is 2.39. The van der Waals surface area contributed by atoms with Gasteiger partial charge in [0.05, 0.1) is 10.6 Å². The lowest BCUT2D eigenvalue weighted by atomic mass is 10.0. The first-order valence-electron chi connectivity index (χ1n) is 9.08. The fraction of sp³-hybridized carbons (Fsp3) is 0.182. The van der Waals surface area contributed by atoms with E-state index in [0.717, 1.165) is 31.6 Å². The Kier molecular flexibility index (Phi) is 5.89. The molecule has 0 saturated heterocycles. The summed E-state index contributed by atoms with van der Waals surface area (Å²) in [4.78, 5) is 8.03. The number of nitriles is 1. The second kappa shape index (κ2) is 8.56. The lowest BCUT2D eigenvalue weighted by Crippen LogP contribution is -2.29. The van der Waals surface area contributed by atoms with E-state index in [4.69, 9.17) is 23.2 Å². The summed E-state index contributed by atoms with van der Waals surface area (Å²) in [5, 5.41) is 21.0. The van der Waals surface area contributed by atoms with Gasteiger partial charge in [0.15, 0.2) is 0 Å². The molecule has 0 fully saturated rings. The fourth-order valence-electron chi connectivity index (χ4n) is 3.44. The van der Waals surface area contributed by atoms with E-state index in [1.165, 1.54) is 34.1 Å². The van der Waals surface area contributed by atoms with Crippen LogP contribution in [0.15, 0.2) is 47.5 Å². The molecular formula is C22H17Cl2N3OS. The Balaban J connectivity index is 1.59. The van der Waals surface area contributed by atoms with Gasteiger partial charge in [0, 0.05) is 41.3 Å². The smallest absolute Gasteiger partial charge is 0.143 e. The molecule has 0 bridgehead atoms. The third-order valence-electron chi connectivity index (χ3n) is 4.86. The van der Waals surface area contributed by atoms with E-state index < -0.39 is 0 Å². The maximum absolute atomic E-state index is 10.1. The van der Waals surface area contributed by atoms with E-state index >= 15 is 0 Å². The van der Waals surface area contributed by atoms with Gasteiger partial charge in [-0.15, -0.1) is 11.3 Å². The van der Waals surface area contributed by atoms with Crippen molar-refractivity contribution in [1.29, 1.82) is 5.26 Å². The second-order valence-electron chi connectivity index (χ2n) is 6.83. The number of phenolic OH excluding ortho intramolecular Hbond substituents is 1. The molecule has 7 heteroatoms.